The summed E-state index contributed by atoms with van der Waals surface area (Å²) in [5.74, 6) is 0. The number of rotatable bonds is 2. The molecule has 10 heavy (non-hydrogen) atoms. The molecule has 1 nitrogen and oxygen atoms in total. The monoisotopic (exact) mass is 201 g/mol. The van der Waals surface area contributed by atoms with Gasteiger partial charge in [-0.3, -0.25) is 0 Å². The largest absolute Gasteiger partial charge is 0.360 e. The molecular formula is C6H19ArNSi2. The maximum Gasteiger partial charge on any atom is 0.109 e. The van der Waals surface area contributed by atoms with Crippen molar-refractivity contribution in [2.45, 2.75) is 39.3 Å². The zero-order chi connectivity index (χ0) is 7.71. The van der Waals surface area contributed by atoms with E-state index in [0.717, 1.165) is 0 Å². The number of hydrogen-bond donors (Lipinski definition) is 1. The summed E-state index contributed by atoms with van der Waals surface area (Å²) in [6, 6.07) is 0. The van der Waals surface area contributed by atoms with Crippen molar-refractivity contribution in [3.63, 3.8) is 0 Å². The molecule has 0 bridgehead atoms. The summed E-state index contributed by atoms with van der Waals surface area (Å²) in [5, 5.41) is 0. The van der Waals surface area contributed by atoms with Crippen LogP contribution in [0.3, 0.4) is 0 Å². The molecule has 64 valence electrons. The van der Waals surface area contributed by atoms with Crippen molar-refractivity contribution in [3.8, 4) is 0 Å². The molecule has 0 aromatic rings. The van der Waals surface area contributed by atoms with Crippen molar-refractivity contribution in [1.82, 2.24) is 4.65 Å². The Labute approximate surface area is 97.2 Å². The summed E-state index contributed by atoms with van der Waals surface area (Å²) in [7, 11) is -1.96. The van der Waals surface area contributed by atoms with E-state index in [1.165, 1.54) is 0 Å². The van der Waals surface area contributed by atoms with Crippen molar-refractivity contribution >= 4 is 16.5 Å². The van der Waals surface area contributed by atoms with Gasteiger partial charge < -0.3 is 4.65 Å². The fraction of sp³-hybridized carbons (Fsp3) is 1.00. The third kappa shape index (κ3) is 12.3. The molecular weight excluding hydrogens is 182 g/mol. The summed E-state index contributed by atoms with van der Waals surface area (Å²) in [6.45, 7) is 14.1. The van der Waals surface area contributed by atoms with Crippen LogP contribution in [0.25, 0.3) is 0 Å². The Morgan fingerprint density at radius 2 is 0.900 bits per heavy atom. The third-order valence-electron chi connectivity index (χ3n) is 0.750. The van der Waals surface area contributed by atoms with Crippen LogP contribution in [0.2, 0.25) is 39.3 Å². The van der Waals surface area contributed by atoms with E-state index in [2.05, 4.69) is 43.9 Å². The Balaban J connectivity index is 0. The van der Waals surface area contributed by atoms with Gasteiger partial charge in [0.25, 0.3) is 0 Å². The van der Waals surface area contributed by atoms with Gasteiger partial charge in [0.2, 0.25) is 0 Å². The van der Waals surface area contributed by atoms with Gasteiger partial charge in [-0.1, -0.05) is 39.3 Å². The van der Waals surface area contributed by atoms with Crippen LogP contribution in [-0.4, -0.2) is 16.5 Å². The summed E-state index contributed by atoms with van der Waals surface area (Å²) in [4.78, 5) is 0. The van der Waals surface area contributed by atoms with E-state index in [1.807, 2.05) is 0 Å². The standard InChI is InChI=1S/C6H19NSi2.Ar/c1-8(2,3)7-9(4,5)6;/h7H,1-6H3;. The molecule has 0 saturated carbocycles. The minimum absolute atomic E-state index is 0. The molecule has 4 heteroatoms. The molecule has 0 aliphatic carbocycles. The van der Waals surface area contributed by atoms with Crippen molar-refractivity contribution in [2.75, 3.05) is 0 Å². The molecule has 0 unspecified atom stereocenters. The van der Waals surface area contributed by atoms with E-state index >= 15 is 0 Å². The Morgan fingerprint density at radius 3 is 0.900 bits per heavy atom. The summed E-state index contributed by atoms with van der Waals surface area (Å²) in [6.07, 6.45) is 0. The first kappa shape index (κ1) is 14.2. The fourth-order valence-electron chi connectivity index (χ4n) is 1.12. The summed E-state index contributed by atoms with van der Waals surface area (Å²) in [5.41, 5.74) is 0. The fourth-order valence-corrected chi connectivity index (χ4v) is 10.1. The smallest absolute Gasteiger partial charge is 0.109 e. The van der Waals surface area contributed by atoms with Crippen LogP contribution in [0.15, 0.2) is 0 Å². The summed E-state index contributed by atoms with van der Waals surface area (Å²) >= 11 is 0. The van der Waals surface area contributed by atoms with E-state index in [9.17, 15) is 0 Å². The van der Waals surface area contributed by atoms with Crippen molar-refractivity contribution in [2.24, 2.45) is 0 Å². The molecule has 1 N–H and O–H groups in total. The minimum atomic E-state index is -0.981. The zero-order valence-corrected chi connectivity index (χ0v) is 10.6. The van der Waals surface area contributed by atoms with Gasteiger partial charge in [0.05, 0.1) is 0 Å². The predicted octanol–water partition coefficient (Wildman–Crippen LogP) is 2.25. The molecule has 0 aliphatic rings. The van der Waals surface area contributed by atoms with Crippen LogP contribution in [0.4, 0.5) is 0 Å². The van der Waals surface area contributed by atoms with Gasteiger partial charge in [-0.05, 0) is 0 Å². The Kier molecular flexibility index (Phi) is 6.56. The molecule has 0 amide bonds. The molecule has 0 heterocycles. The second-order valence-electron chi connectivity index (χ2n) is 4.62. The minimum Gasteiger partial charge on any atom is -0.360 e. The van der Waals surface area contributed by atoms with Gasteiger partial charge in [-0.15, -0.1) is 0 Å². The predicted molar refractivity (Wildman–Crippen MR) is 49.8 cm³/mol. The SMILES string of the molecule is C[Si](C)(C)N[Si](C)(C)C.[Ar]. The average Bonchev–Trinajstić information content (AvgIpc) is 1.14. The first-order chi connectivity index (χ1) is 3.71. The first-order valence-corrected chi connectivity index (χ1v) is 10.5. The molecule has 0 aromatic carbocycles. The molecule has 0 aliphatic heterocycles. The van der Waals surface area contributed by atoms with Gasteiger partial charge in [0, 0.05) is 37.7 Å². The molecule has 0 radical (unpaired) electrons. The second kappa shape index (κ2) is 4.62. The molecule has 0 saturated heterocycles. The van der Waals surface area contributed by atoms with Gasteiger partial charge in [-0.25, -0.2) is 0 Å². The maximum absolute atomic E-state index is 3.74. The van der Waals surface area contributed by atoms with Crippen molar-refractivity contribution in [1.29, 1.82) is 0 Å². The van der Waals surface area contributed by atoms with Crippen LogP contribution in [0, 0.1) is 37.7 Å². The van der Waals surface area contributed by atoms with E-state index in [4.69, 9.17) is 0 Å². The van der Waals surface area contributed by atoms with E-state index in [0.29, 0.717) is 0 Å². The normalized spacial score (nSPS) is 12.6. The van der Waals surface area contributed by atoms with E-state index in [-0.39, 0.29) is 37.7 Å². The van der Waals surface area contributed by atoms with Crippen LogP contribution < -0.4 is 4.65 Å². The first-order valence-electron chi connectivity index (χ1n) is 3.50. The molecule has 0 rings (SSSR count). The third-order valence-corrected chi connectivity index (χ3v) is 6.75. The van der Waals surface area contributed by atoms with E-state index in [1.54, 1.807) is 0 Å². The van der Waals surface area contributed by atoms with Gasteiger partial charge >= 0.3 is 0 Å². The quantitative estimate of drug-likeness (QED) is 0.676. The number of hydrogen-bond acceptors (Lipinski definition) is 1. The maximum atomic E-state index is 3.74. The van der Waals surface area contributed by atoms with Crippen LogP contribution in [-0.2, 0) is 0 Å². The molecule has 0 atom stereocenters. The van der Waals surface area contributed by atoms with Gasteiger partial charge in [0.1, 0.15) is 16.5 Å². The summed E-state index contributed by atoms with van der Waals surface area (Å²) < 4.78 is 3.74. The molecule has 0 aromatic heterocycles. The zero-order valence-electron chi connectivity index (χ0n) is 7.85. The van der Waals surface area contributed by atoms with Crippen LogP contribution in [0.5, 0.6) is 0 Å². The van der Waals surface area contributed by atoms with Crippen LogP contribution >= 0.6 is 0 Å². The molecule has 0 fully saturated rings. The average molecular weight is 201 g/mol. The Morgan fingerprint density at radius 1 is 0.700 bits per heavy atom. The Hall–Kier alpha value is 1.65. The Bertz CT molecular complexity index is 80.9. The topological polar surface area (TPSA) is 12.0 Å². The molecule has 0 spiro atoms. The van der Waals surface area contributed by atoms with Crippen molar-refractivity contribution < 1.29 is 37.7 Å². The van der Waals surface area contributed by atoms with Crippen molar-refractivity contribution in [3.05, 3.63) is 0 Å². The number of nitrogens with one attached hydrogen (secondary N) is 1. The van der Waals surface area contributed by atoms with Gasteiger partial charge in [-0.2, -0.15) is 0 Å². The second-order valence-corrected chi connectivity index (χ2v) is 14.6. The van der Waals surface area contributed by atoms with Gasteiger partial charge in [0.15, 0.2) is 0 Å². The van der Waals surface area contributed by atoms with E-state index < -0.39 is 16.5 Å². The van der Waals surface area contributed by atoms with Crippen LogP contribution in [0.1, 0.15) is 0 Å².